The van der Waals surface area contributed by atoms with Crippen LogP contribution in [0.1, 0.15) is 11.1 Å². The van der Waals surface area contributed by atoms with Crippen molar-refractivity contribution in [3.63, 3.8) is 0 Å². The molecule has 0 N–H and O–H groups in total. The molecule has 0 amide bonds. The van der Waals surface area contributed by atoms with Gasteiger partial charge in [-0.15, -0.1) is 0 Å². The minimum atomic E-state index is -2.90. The SMILES string of the molecule is Cc1ccccc1CP(Br)(c1ccccc1)(c1ccccc1)c1ccccc1. The summed E-state index contributed by atoms with van der Waals surface area (Å²) >= 11 is 4.52. The Kier molecular flexibility index (Phi) is 5.23. The number of hydrogen-bond acceptors (Lipinski definition) is 0. The quantitative estimate of drug-likeness (QED) is 0.314. The van der Waals surface area contributed by atoms with Gasteiger partial charge in [-0.3, -0.25) is 0 Å². The molecule has 0 spiro atoms. The fourth-order valence-electron chi connectivity index (χ4n) is 4.04. The van der Waals surface area contributed by atoms with Gasteiger partial charge in [0.15, 0.2) is 0 Å². The van der Waals surface area contributed by atoms with Crippen LogP contribution in [0.15, 0.2) is 115 Å². The van der Waals surface area contributed by atoms with Gasteiger partial charge in [-0.2, -0.15) is 0 Å². The van der Waals surface area contributed by atoms with Crippen molar-refractivity contribution in [2.24, 2.45) is 0 Å². The van der Waals surface area contributed by atoms with E-state index >= 15 is 0 Å². The Hall–Kier alpha value is -2.21. The molecule has 0 aliphatic rings. The summed E-state index contributed by atoms with van der Waals surface area (Å²) in [4.78, 5) is 0. The van der Waals surface area contributed by atoms with Gasteiger partial charge in [0.2, 0.25) is 0 Å². The molecular formula is C26H24BrP. The second kappa shape index (κ2) is 7.66. The third-order valence-electron chi connectivity index (χ3n) is 5.61. The molecule has 0 aliphatic heterocycles. The van der Waals surface area contributed by atoms with E-state index in [1.54, 1.807) is 0 Å². The summed E-state index contributed by atoms with van der Waals surface area (Å²) in [6, 6.07) is 41.7. The molecule has 0 aromatic heterocycles. The molecule has 0 unspecified atom stereocenters. The molecule has 0 radical (unpaired) electrons. The summed E-state index contributed by atoms with van der Waals surface area (Å²) in [5.74, 6) is 0. The maximum absolute atomic E-state index is 4.52. The summed E-state index contributed by atoms with van der Waals surface area (Å²) < 4.78 is 0. The molecule has 0 saturated carbocycles. The van der Waals surface area contributed by atoms with E-state index in [1.807, 2.05) is 0 Å². The van der Waals surface area contributed by atoms with E-state index in [0.29, 0.717) is 0 Å². The third kappa shape index (κ3) is 3.13. The molecule has 0 nitrogen and oxygen atoms in total. The molecule has 0 heterocycles. The van der Waals surface area contributed by atoms with Crippen molar-refractivity contribution in [2.45, 2.75) is 13.1 Å². The Morgan fingerprint density at radius 1 is 0.536 bits per heavy atom. The van der Waals surface area contributed by atoms with E-state index in [-0.39, 0.29) is 0 Å². The van der Waals surface area contributed by atoms with Gasteiger partial charge >= 0.3 is 176 Å². The Labute approximate surface area is 175 Å². The number of aryl methyl sites for hydroxylation is 1. The van der Waals surface area contributed by atoms with Gasteiger partial charge in [0.1, 0.15) is 0 Å². The molecule has 4 rings (SSSR count). The van der Waals surface area contributed by atoms with Crippen LogP contribution in [0, 0.1) is 6.92 Å². The molecule has 0 aliphatic carbocycles. The summed E-state index contributed by atoms with van der Waals surface area (Å²) in [5.41, 5.74) is 2.72. The van der Waals surface area contributed by atoms with Gasteiger partial charge in [0, 0.05) is 0 Å². The average Bonchev–Trinajstić information content (AvgIpc) is 2.77. The number of benzene rings is 4. The molecule has 2 heteroatoms. The molecule has 140 valence electrons. The normalized spacial score (nSPS) is 12.9. The van der Waals surface area contributed by atoms with Crippen molar-refractivity contribution in [3.8, 4) is 0 Å². The van der Waals surface area contributed by atoms with Crippen molar-refractivity contribution < 1.29 is 0 Å². The average molecular weight is 447 g/mol. The van der Waals surface area contributed by atoms with E-state index in [4.69, 9.17) is 0 Å². The second-order valence-corrected chi connectivity index (χ2v) is 16.2. The van der Waals surface area contributed by atoms with Crippen LogP contribution < -0.4 is 15.9 Å². The molecule has 0 saturated heterocycles. The second-order valence-electron chi connectivity index (χ2n) is 7.27. The van der Waals surface area contributed by atoms with Crippen LogP contribution >= 0.6 is 20.8 Å². The molecule has 0 bridgehead atoms. The van der Waals surface area contributed by atoms with Gasteiger partial charge in [-0.1, -0.05) is 0 Å². The van der Waals surface area contributed by atoms with Crippen LogP contribution in [0.4, 0.5) is 0 Å². The first-order chi connectivity index (χ1) is 13.6. The third-order valence-corrected chi connectivity index (χ3v) is 15.1. The summed E-state index contributed by atoms with van der Waals surface area (Å²) in [7, 11) is 0. The van der Waals surface area contributed by atoms with Crippen molar-refractivity contribution in [1.82, 2.24) is 0 Å². The maximum atomic E-state index is 4.52. The van der Waals surface area contributed by atoms with Crippen LogP contribution in [0.25, 0.3) is 0 Å². The Bertz CT molecular complexity index is 960. The van der Waals surface area contributed by atoms with Crippen molar-refractivity contribution in [1.29, 1.82) is 0 Å². The first kappa shape index (κ1) is 19.1. The number of halogens is 1. The number of rotatable bonds is 5. The molecular weight excluding hydrogens is 423 g/mol. The van der Waals surface area contributed by atoms with Crippen LogP contribution in [-0.2, 0) is 6.16 Å². The monoisotopic (exact) mass is 446 g/mol. The van der Waals surface area contributed by atoms with Gasteiger partial charge in [-0.25, -0.2) is 0 Å². The predicted octanol–water partition coefficient (Wildman–Crippen LogP) is 6.33. The minimum absolute atomic E-state index is 0.941. The summed E-state index contributed by atoms with van der Waals surface area (Å²) in [5, 5.41) is 1.17. The Morgan fingerprint density at radius 2 is 0.893 bits per heavy atom. The standard InChI is InChI=1S/C26H24BrP/c1-22-13-11-12-14-23(22)21-28(27,24-15-5-2-6-16-24,25-17-7-3-8-18-25)26-19-9-4-10-20-26/h2-20H,21H2,1H3. The Balaban J connectivity index is 2.11. The molecule has 0 fully saturated rings. The van der Waals surface area contributed by atoms with Crippen LogP contribution in [-0.4, -0.2) is 0 Å². The first-order valence-corrected chi connectivity index (χ1v) is 14.0. The van der Waals surface area contributed by atoms with Crippen molar-refractivity contribution in [2.75, 3.05) is 0 Å². The molecule has 4 aromatic carbocycles. The van der Waals surface area contributed by atoms with Gasteiger partial charge in [-0.05, 0) is 0 Å². The fraction of sp³-hybridized carbons (Fsp3) is 0.0769. The molecule has 0 atom stereocenters. The fourth-order valence-corrected chi connectivity index (χ4v) is 11.8. The van der Waals surface area contributed by atoms with Crippen LogP contribution in [0.5, 0.6) is 0 Å². The summed E-state index contributed by atoms with van der Waals surface area (Å²) in [6.07, 6.45) is 0.941. The zero-order valence-electron chi connectivity index (χ0n) is 16.0. The van der Waals surface area contributed by atoms with Crippen molar-refractivity contribution >= 4 is 36.7 Å². The van der Waals surface area contributed by atoms with Crippen LogP contribution in [0.3, 0.4) is 0 Å². The molecule has 4 aromatic rings. The zero-order chi connectivity index (χ0) is 19.5. The van der Waals surface area contributed by atoms with E-state index in [2.05, 4.69) is 138 Å². The molecule has 28 heavy (non-hydrogen) atoms. The number of hydrogen-bond donors (Lipinski definition) is 0. The van der Waals surface area contributed by atoms with Crippen molar-refractivity contribution in [3.05, 3.63) is 126 Å². The van der Waals surface area contributed by atoms with E-state index in [0.717, 1.165) is 6.16 Å². The topological polar surface area (TPSA) is 0 Å². The van der Waals surface area contributed by atoms with E-state index < -0.39 is 5.31 Å². The van der Waals surface area contributed by atoms with Gasteiger partial charge < -0.3 is 0 Å². The van der Waals surface area contributed by atoms with E-state index in [9.17, 15) is 0 Å². The Morgan fingerprint density at radius 3 is 1.29 bits per heavy atom. The predicted molar refractivity (Wildman–Crippen MR) is 129 cm³/mol. The first-order valence-electron chi connectivity index (χ1n) is 9.57. The van der Waals surface area contributed by atoms with Gasteiger partial charge in [0.05, 0.1) is 0 Å². The van der Waals surface area contributed by atoms with Gasteiger partial charge in [0.25, 0.3) is 0 Å². The van der Waals surface area contributed by atoms with E-state index in [1.165, 1.54) is 27.0 Å². The summed E-state index contributed by atoms with van der Waals surface area (Å²) in [6.45, 7) is 2.21. The zero-order valence-corrected chi connectivity index (χ0v) is 18.5. The van der Waals surface area contributed by atoms with Crippen LogP contribution in [0.2, 0.25) is 0 Å².